The Bertz CT molecular complexity index is 1310. The van der Waals surface area contributed by atoms with E-state index >= 15 is 4.39 Å². The molecule has 0 fully saturated rings. The van der Waals surface area contributed by atoms with E-state index in [4.69, 9.17) is 26.8 Å². The van der Waals surface area contributed by atoms with Crippen molar-refractivity contribution in [2.24, 2.45) is 5.73 Å². The van der Waals surface area contributed by atoms with Gasteiger partial charge in [0.15, 0.2) is 5.82 Å². The highest BCUT2D eigenvalue weighted by Gasteiger charge is 2.16. The van der Waals surface area contributed by atoms with Gasteiger partial charge in [0.1, 0.15) is 12.4 Å². The second kappa shape index (κ2) is 10.3. The lowest BCUT2D eigenvalue weighted by Crippen LogP contribution is -2.09. The van der Waals surface area contributed by atoms with Crippen LogP contribution >= 0.6 is 22.9 Å². The predicted molar refractivity (Wildman–Crippen MR) is 129 cm³/mol. The largest absolute Gasteiger partial charge is 0.489 e. The van der Waals surface area contributed by atoms with Gasteiger partial charge < -0.3 is 15.2 Å². The fourth-order valence-electron chi connectivity index (χ4n) is 3.63. The number of rotatable bonds is 8. The van der Waals surface area contributed by atoms with E-state index in [2.05, 4.69) is 4.98 Å². The van der Waals surface area contributed by atoms with E-state index < -0.39 is 5.82 Å². The maximum atomic E-state index is 15.1. The van der Waals surface area contributed by atoms with Crippen LogP contribution in [0.3, 0.4) is 0 Å². The summed E-state index contributed by atoms with van der Waals surface area (Å²) < 4.78 is 27.7. The van der Waals surface area contributed by atoms with E-state index in [1.54, 1.807) is 19.2 Å². The molecule has 2 heterocycles. The Morgan fingerprint density at radius 1 is 1.18 bits per heavy atom. The Balaban J connectivity index is 1.68. The van der Waals surface area contributed by atoms with Crippen LogP contribution in [0.2, 0.25) is 4.34 Å². The number of thiophene rings is 1. The van der Waals surface area contributed by atoms with Gasteiger partial charge in [0, 0.05) is 34.0 Å². The second-order valence-electron chi connectivity index (χ2n) is 7.31. The Hall–Kier alpha value is -3.00. The van der Waals surface area contributed by atoms with Crippen molar-refractivity contribution in [3.05, 3.63) is 81.7 Å². The first-order chi connectivity index (χ1) is 16.0. The highest BCUT2D eigenvalue weighted by atomic mass is 35.5. The number of hydrogen-bond acceptors (Lipinski definition) is 6. The summed E-state index contributed by atoms with van der Waals surface area (Å²) in [4.78, 5) is 16.0. The molecule has 0 atom stereocenters. The zero-order valence-corrected chi connectivity index (χ0v) is 19.5. The third kappa shape index (κ3) is 5.16. The molecule has 0 radical (unpaired) electrons. The van der Waals surface area contributed by atoms with Crippen LogP contribution in [0.4, 0.5) is 4.39 Å². The minimum atomic E-state index is -0.443. The van der Waals surface area contributed by atoms with Crippen molar-refractivity contribution in [3.8, 4) is 16.9 Å². The number of halogens is 2. The third-order valence-corrected chi connectivity index (χ3v) is 6.33. The average Bonchev–Trinajstić information content (AvgIpc) is 3.18. The van der Waals surface area contributed by atoms with Gasteiger partial charge >= 0.3 is 5.97 Å². The molecule has 0 amide bonds. The normalized spacial score (nSPS) is 11.0. The van der Waals surface area contributed by atoms with E-state index in [0.29, 0.717) is 27.8 Å². The van der Waals surface area contributed by atoms with Crippen LogP contribution in [0.5, 0.6) is 5.75 Å². The van der Waals surface area contributed by atoms with Crippen molar-refractivity contribution < 1.29 is 18.7 Å². The number of carbonyl (C=O) groups excluding carboxylic acids is 1. The molecule has 33 heavy (non-hydrogen) atoms. The minimum absolute atomic E-state index is 0.00720. The molecule has 5 nitrogen and oxygen atoms in total. The second-order valence-corrected chi connectivity index (χ2v) is 9.02. The van der Waals surface area contributed by atoms with Gasteiger partial charge in [-0.25, -0.2) is 4.39 Å². The van der Waals surface area contributed by atoms with Crippen molar-refractivity contribution in [3.63, 3.8) is 0 Å². The molecule has 4 rings (SSSR count). The molecule has 2 aromatic carbocycles. The molecule has 0 aliphatic rings. The Labute approximate surface area is 199 Å². The fourth-order valence-corrected chi connectivity index (χ4v) is 4.86. The molecule has 0 saturated heterocycles. The number of nitrogens with zero attached hydrogens (tertiary/aromatic N) is 1. The van der Waals surface area contributed by atoms with E-state index in [0.717, 1.165) is 21.2 Å². The lowest BCUT2D eigenvalue weighted by Gasteiger charge is -2.13. The van der Waals surface area contributed by atoms with Crippen LogP contribution in [0.25, 0.3) is 21.2 Å². The van der Waals surface area contributed by atoms with Crippen molar-refractivity contribution in [1.82, 2.24) is 4.98 Å². The fraction of sp³-hybridized carbons (Fsp3) is 0.200. The Kier molecular flexibility index (Phi) is 7.23. The monoisotopic (exact) mass is 484 g/mol. The summed E-state index contributed by atoms with van der Waals surface area (Å²) in [6.45, 7) is 2.33. The summed E-state index contributed by atoms with van der Waals surface area (Å²) in [7, 11) is 0. The van der Waals surface area contributed by atoms with Gasteiger partial charge in [0.2, 0.25) is 0 Å². The molecule has 0 unspecified atom stereocenters. The van der Waals surface area contributed by atoms with Gasteiger partial charge in [0.05, 0.1) is 23.1 Å². The summed E-state index contributed by atoms with van der Waals surface area (Å²) in [6.07, 6.45) is 1.67. The maximum absolute atomic E-state index is 15.1. The number of aromatic nitrogens is 1. The smallest absolute Gasteiger partial charge is 0.310 e. The molecule has 0 saturated carbocycles. The van der Waals surface area contributed by atoms with Crippen LogP contribution < -0.4 is 10.5 Å². The number of fused-ring (bicyclic) bond motifs is 1. The summed E-state index contributed by atoms with van der Waals surface area (Å²) >= 11 is 7.69. The van der Waals surface area contributed by atoms with Crippen LogP contribution in [0.15, 0.2) is 54.7 Å². The Morgan fingerprint density at radius 2 is 2.00 bits per heavy atom. The molecular formula is C25H22ClFN2O3S. The predicted octanol–water partition coefficient (Wildman–Crippen LogP) is 5.90. The summed E-state index contributed by atoms with van der Waals surface area (Å²) in [5.74, 6) is -0.159. The van der Waals surface area contributed by atoms with Gasteiger partial charge in [-0.15, -0.1) is 11.3 Å². The highest BCUT2D eigenvalue weighted by molar-refractivity contribution is 7.22. The topological polar surface area (TPSA) is 74.4 Å². The number of benzene rings is 2. The molecule has 0 aliphatic carbocycles. The first-order valence-electron chi connectivity index (χ1n) is 10.4. The number of hydrogen-bond donors (Lipinski definition) is 1. The molecule has 2 N–H and O–H groups in total. The number of nitrogens with two attached hydrogens (primary N) is 1. The molecule has 4 aromatic rings. The van der Waals surface area contributed by atoms with Crippen LogP contribution in [0.1, 0.15) is 23.7 Å². The minimum Gasteiger partial charge on any atom is -0.489 e. The standard InChI is InChI=1S/C25H22ClFN2O3S/c1-2-31-24(30)11-16-5-3-4-6-21(16)32-14-15-9-18(19-12-23(26)33-22(19)10-15)17-7-8-29-20(13-28)25(17)27/h3-10,12H,2,11,13-14,28H2,1H3. The molecule has 0 bridgehead atoms. The first kappa shape index (κ1) is 23.2. The van der Waals surface area contributed by atoms with Crippen LogP contribution in [-0.2, 0) is 29.1 Å². The zero-order valence-electron chi connectivity index (χ0n) is 17.9. The number of ether oxygens (including phenoxy) is 2. The van der Waals surface area contributed by atoms with E-state index in [1.807, 2.05) is 42.5 Å². The lowest BCUT2D eigenvalue weighted by molar-refractivity contribution is -0.142. The van der Waals surface area contributed by atoms with Gasteiger partial charge in [-0.05, 0) is 48.4 Å². The summed E-state index contributed by atoms with van der Waals surface area (Å²) in [5, 5.41) is 0.851. The summed E-state index contributed by atoms with van der Waals surface area (Å²) in [6, 6.07) is 14.7. The van der Waals surface area contributed by atoms with Crippen LogP contribution in [0, 0.1) is 5.82 Å². The van der Waals surface area contributed by atoms with E-state index in [9.17, 15) is 4.79 Å². The van der Waals surface area contributed by atoms with E-state index in [-0.39, 0.29) is 31.2 Å². The molecule has 170 valence electrons. The quantitative estimate of drug-likeness (QED) is 0.315. The SMILES string of the molecule is CCOC(=O)Cc1ccccc1OCc1cc(-c2ccnc(CN)c2F)c2cc(Cl)sc2c1. The van der Waals surface area contributed by atoms with Crippen LogP contribution in [-0.4, -0.2) is 17.6 Å². The molecule has 0 spiro atoms. The van der Waals surface area contributed by atoms with E-state index in [1.165, 1.54) is 11.3 Å². The summed E-state index contributed by atoms with van der Waals surface area (Å²) in [5.41, 5.74) is 8.54. The molecular weight excluding hydrogens is 463 g/mol. The van der Waals surface area contributed by atoms with Gasteiger partial charge in [-0.2, -0.15) is 0 Å². The van der Waals surface area contributed by atoms with Crippen molar-refractivity contribution in [1.29, 1.82) is 0 Å². The van der Waals surface area contributed by atoms with Gasteiger partial charge in [-0.1, -0.05) is 29.8 Å². The number of carbonyl (C=O) groups is 1. The zero-order chi connectivity index (χ0) is 23.4. The Morgan fingerprint density at radius 3 is 2.79 bits per heavy atom. The highest BCUT2D eigenvalue weighted by Crippen LogP contribution is 2.39. The average molecular weight is 485 g/mol. The third-order valence-electron chi connectivity index (χ3n) is 5.12. The van der Waals surface area contributed by atoms with Crippen molar-refractivity contribution in [2.45, 2.75) is 26.5 Å². The van der Waals surface area contributed by atoms with Crippen molar-refractivity contribution >= 4 is 39.0 Å². The van der Waals surface area contributed by atoms with Crippen molar-refractivity contribution in [2.75, 3.05) is 6.61 Å². The molecule has 8 heteroatoms. The maximum Gasteiger partial charge on any atom is 0.310 e. The number of para-hydroxylation sites is 1. The van der Waals surface area contributed by atoms with Gasteiger partial charge in [0.25, 0.3) is 0 Å². The molecule has 0 aliphatic heterocycles. The number of pyridine rings is 1. The molecule has 2 aromatic heterocycles. The van der Waals surface area contributed by atoms with Gasteiger partial charge in [-0.3, -0.25) is 9.78 Å². The lowest BCUT2D eigenvalue weighted by atomic mass is 9.99. The number of esters is 1. The first-order valence-corrected chi connectivity index (χ1v) is 11.6.